The van der Waals surface area contributed by atoms with Crippen molar-refractivity contribution in [2.45, 2.75) is 45.2 Å². The zero-order valence-electron chi connectivity index (χ0n) is 10.5. The van der Waals surface area contributed by atoms with Crippen molar-refractivity contribution >= 4 is 11.3 Å². The Morgan fingerprint density at radius 2 is 2.39 bits per heavy atom. The Bertz CT molecular complexity index is 532. The number of aryl methyl sites for hydroxylation is 1. The summed E-state index contributed by atoms with van der Waals surface area (Å²) in [5, 5.41) is 8.44. The van der Waals surface area contributed by atoms with E-state index < -0.39 is 0 Å². The van der Waals surface area contributed by atoms with Gasteiger partial charge in [-0.2, -0.15) is 4.98 Å². The molecule has 1 N–H and O–H groups in total. The monoisotopic (exact) mass is 264 g/mol. The molecule has 0 aromatic carbocycles. The minimum atomic E-state index is 0.208. The Balaban J connectivity index is 1.56. The van der Waals surface area contributed by atoms with Gasteiger partial charge < -0.3 is 4.52 Å². The van der Waals surface area contributed by atoms with E-state index >= 15 is 0 Å². The van der Waals surface area contributed by atoms with E-state index in [1.54, 1.807) is 11.3 Å². The highest BCUT2D eigenvalue weighted by Gasteiger charge is 2.28. The lowest BCUT2D eigenvalue weighted by atomic mass is 10.3. The minimum absolute atomic E-state index is 0.208. The standard InChI is InChI=1S/C12H16N4OS/c1-7-5-14-12(18-7)8(2)13-6-10-15-11(16-17-10)9-3-4-9/h5,8-9,13H,3-4,6H2,1-2H3. The molecule has 2 heterocycles. The lowest BCUT2D eigenvalue weighted by Gasteiger charge is -2.08. The molecular formula is C12H16N4OS. The lowest BCUT2D eigenvalue weighted by molar-refractivity contribution is 0.356. The van der Waals surface area contributed by atoms with Gasteiger partial charge in [-0.3, -0.25) is 5.32 Å². The number of hydrogen-bond acceptors (Lipinski definition) is 6. The first-order valence-electron chi connectivity index (χ1n) is 6.20. The highest BCUT2D eigenvalue weighted by Crippen LogP contribution is 2.38. The van der Waals surface area contributed by atoms with Crippen molar-refractivity contribution in [3.05, 3.63) is 27.8 Å². The Morgan fingerprint density at radius 3 is 3.06 bits per heavy atom. The second-order valence-corrected chi connectivity index (χ2v) is 6.00. The molecule has 5 nitrogen and oxygen atoms in total. The largest absolute Gasteiger partial charge is 0.338 e. The Morgan fingerprint density at radius 1 is 1.56 bits per heavy atom. The van der Waals surface area contributed by atoms with Crippen molar-refractivity contribution < 1.29 is 4.52 Å². The maximum atomic E-state index is 5.22. The molecule has 0 spiro atoms. The Hall–Kier alpha value is -1.27. The molecule has 1 saturated carbocycles. The van der Waals surface area contributed by atoms with Gasteiger partial charge >= 0.3 is 0 Å². The van der Waals surface area contributed by atoms with Crippen LogP contribution in [0, 0.1) is 6.92 Å². The number of hydrogen-bond donors (Lipinski definition) is 1. The van der Waals surface area contributed by atoms with Crippen molar-refractivity contribution in [2.75, 3.05) is 0 Å². The summed E-state index contributed by atoms with van der Waals surface area (Å²) in [7, 11) is 0. The molecule has 0 saturated heterocycles. The molecule has 1 unspecified atom stereocenters. The first-order valence-corrected chi connectivity index (χ1v) is 7.02. The normalized spacial score (nSPS) is 17.0. The van der Waals surface area contributed by atoms with Crippen LogP contribution in [0.15, 0.2) is 10.7 Å². The van der Waals surface area contributed by atoms with Crippen LogP contribution < -0.4 is 5.32 Å². The second-order valence-electron chi connectivity index (χ2n) is 4.73. The van der Waals surface area contributed by atoms with Crippen molar-refractivity contribution in [3.63, 3.8) is 0 Å². The molecule has 3 rings (SSSR count). The maximum absolute atomic E-state index is 5.22. The molecule has 2 aromatic rings. The summed E-state index contributed by atoms with van der Waals surface area (Å²) in [6.07, 6.45) is 4.29. The van der Waals surface area contributed by atoms with E-state index in [9.17, 15) is 0 Å². The lowest BCUT2D eigenvalue weighted by Crippen LogP contribution is -2.18. The topological polar surface area (TPSA) is 63.8 Å². The van der Waals surface area contributed by atoms with Gasteiger partial charge in [-0.1, -0.05) is 5.16 Å². The highest BCUT2D eigenvalue weighted by atomic mass is 32.1. The molecule has 0 aliphatic heterocycles. The maximum Gasteiger partial charge on any atom is 0.240 e. The van der Waals surface area contributed by atoms with Crippen LogP contribution >= 0.6 is 11.3 Å². The van der Waals surface area contributed by atoms with E-state index in [1.165, 1.54) is 17.7 Å². The zero-order valence-corrected chi connectivity index (χ0v) is 11.3. The van der Waals surface area contributed by atoms with Gasteiger partial charge in [0.25, 0.3) is 0 Å². The minimum Gasteiger partial charge on any atom is -0.338 e. The molecule has 1 atom stereocenters. The Kier molecular flexibility index (Phi) is 3.13. The summed E-state index contributed by atoms with van der Waals surface area (Å²) < 4.78 is 5.22. The molecule has 1 fully saturated rings. The number of nitrogens with one attached hydrogen (secondary N) is 1. The first kappa shape index (κ1) is 11.8. The smallest absolute Gasteiger partial charge is 0.240 e. The molecule has 0 radical (unpaired) electrons. The van der Waals surface area contributed by atoms with Crippen LogP contribution in [0.2, 0.25) is 0 Å². The van der Waals surface area contributed by atoms with Gasteiger partial charge in [-0.15, -0.1) is 11.3 Å². The average Bonchev–Trinajstić information content (AvgIpc) is 2.95. The van der Waals surface area contributed by atoms with Crippen LogP contribution in [0.3, 0.4) is 0 Å². The zero-order chi connectivity index (χ0) is 12.5. The van der Waals surface area contributed by atoms with E-state index in [4.69, 9.17) is 4.52 Å². The summed E-state index contributed by atoms with van der Waals surface area (Å²) in [6.45, 7) is 4.75. The summed E-state index contributed by atoms with van der Waals surface area (Å²) >= 11 is 1.71. The SMILES string of the molecule is Cc1cnc(C(C)NCc2nc(C3CC3)no2)s1. The van der Waals surface area contributed by atoms with Crippen molar-refractivity contribution in [1.29, 1.82) is 0 Å². The summed E-state index contributed by atoms with van der Waals surface area (Å²) in [4.78, 5) is 9.98. The number of nitrogens with zero attached hydrogens (tertiary/aromatic N) is 3. The summed E-state index contributed by atoms with van der Waals surface area (Å²) in [5.41, 5.74) is 0. The average molecular weight is 264 g/mol. The third-order valence-electron chi connectivity index (χ3n) is 3.00. The van der Waals surface area contributed by atoms with Gasteiger partial charge in [0.05, 0.1) is 12.6 Å². The molecule has 2 aromatic heterocycles. The van der Waals surface area contributed by atoms with Gasteiger partial charge in [0.15, 0.2) is 5.82 Å². The van der Waals surface area contributed by atoms with E-state index in [1.807, 2.05) is 6.20 Å². The van der Waals surface area contributed by atoms with Crippen LogP contribution in [0.5, 0.6) is 0 Å². The molecule has 18 heavy (non-hydrogen) atoms. The van der Waals surface area contributed by atoms with Crippen molar-refractivity contribution in [3.8, 4) is 0 Å². The fourth-order valence-electron chi connectivity index (χ4n) is 1.75. The number of rotatable bonds is 5. The Labute approximate surface area is 110 Å². The predicted molar refractivity (Wildman–Crippen MR) is 68.4 cm³/mol. The van der Waals surface area contributed by atoms with Crippen LogP contribution in [0.25, 0.3) is 0 Å². The highest BCUT2D eigenvalue weighted by molar-refractivity contribution is 7.11. The van der Waals surface area contributed by atoms with Crippen LogP contribution in [0.1, 0.15) is 53.3 Å². The first-order chi connectivity index (χ1) is 8.72. The van der Waals surface area contributed by atoms with Crippen molar-refractivity contribution in [1.82, 2.24) is 20.4 Å². The molecule has 0 bridgehead atoms. The van der Waals surface area contributed by atoms with Crippen molar-refractivity contribution in [2.24, 2.45) is 0 Å². The molecule has 1 aliphatic carbocycles. The van der Waals surface area contributed by atoms with Crippen LogP contribution in [-0.4, -0.2) is 15.1 Å². The molecule has 6 heteroatoms. The third kappa shape index (κ3) is 2.59. The molecule has 1 aliphatic rings. The number of thiazole rings is 1. The summed E-state index contributed by atoms with van der Waals surface area (Å²) in [5.74, 6) is 2.07. The van der Waals surface area contributed by atoms with Crippen LogP contribution in [-0.2, 0) is 6.54 Å². The second kappa shape index (κ2) is 4.78. The van der Waals surface area contributed by atoms with Gasteiger partial charge in [-0.05, 0) is 26.7 Å². The molecular weight excluding hydrogens is 248 g/mol. The van der Waals surface area contributed by atoms with E-state index in [0.717, 1.165) is 10.8 Å². The summed E-state index contributed by atoms with van der Waals surface area (Å²) in [6, 6.07) is 0.208. The van der Waals surface area contributed by atoms with Gasteiger partial charge in [0, 0.05) is 17.0 Å². The van der Waals surface area contributed by atoms with E-state index in [0.29, 0.717) is 18.4 Å². The van der Waals surface area contributed by atoms with Gasteiger partial charge in [0.2, 0.25) is 5.89 Å². The predicted octanol–water partition coefficient (Wildman–Crippen LogP) is 2.56. The van der Waals surface area contributed by atoms with E-state index in [2.05, 4.69) is 34.3 Å². The fourth-order valence-corrected chi connectivity index (χ4v) is 2.55. The van der Waals surface area contributed by atoms with E-state index in [-0.39, 0.29) is 6.04 Å². The van der Waals surface area contributed by atoms with Crippen LogP contribution in [0.4, 0.5) is 0 Å². The van der Waals surface area contributed by atoms with Gasteiger partial charge in [-0.25, -0.2) is 4.98 Å². The fraction of sp³-hybridized carbons (Fsp3) is 0.583. The molecule has 96 valence electrons. The quantitative estimate of drug-likeness (QED) is 0.899. The molecule has 0 amide bonds. The number of aromatic nitrogens is 3. The third-order valence-corrected chi connectivity index (χ3v) is 4.09. The van der Waals surface area contributed by atoms with Gasteiger partial charge in [0.1, 0.15) is 5.01 Å².